The highest BCUT2D eigenvalue weighted by Crippen LogP contribution is 2.14. The first-order valence-electron chi connectivity index (χ1n) is 5.16. The van der Waals surface area contributed by atoms with Gasteiger partial charge in [-0.3, -0.25) is 4.79 Å². The second kappa shape index (κ2) is 6.82. The molecule has 0 amide bonds. The molecule has 0 aromatic carbocycles. The summed E-state index contributed by atoms with van der Waals surface area (Å²) in [7, 11) is -2.18. The number of hydrogen-bond donors (Lipinski definition) is 3. The van der Waals surface area contributed by atoms with Gasteiger partial charge in [0.2, 0.25) is 0 Å². The molecular formula is C9H20N2O4S. The van der Waals surface area contributed by atoms with E-state index in [9.17, 15) is 13.2 Å². The molecule has 6 nitrogen and oxygen atoms in total. The van der Waals surface area contributed by atoms with E-state index in [4.69, 9.17) is 5.11 Å². The second-order valence-electron chi connectivity index (χ2n) is 4.15. The van der Waals surface area contributed by atoms with Crippen molar-refractivity contribution in [3.63, 3.8) is 0 Å². The highest BCUT2D eigenvalue weighted by Gasteiger charge is 2.17. The monoisotopic (exact) mass is 252 g/mol. The minimum atomic E-state index is -3.48. The number of hydrogen-bond acceptors (Lipinski definition) is 3. The first-order valence-corrected chi connectivity index (χ1v) is 6.65. The number of carbonyl (C=O) groups is 1. The van der Waals surface area contributed by atoms with Crippen LogP contribution in [-0.2, 0) is 15.0 Å². The van der Waals surface area contributed by atoms with Gasteiger partial charge in [-0.05, 0) is 18.3 Å². The Morgan fingerprint density at radius 2 is 1.94 bits per heavy atom. The maximum atomic E-state index is 11.1. The number of carboxylic acid groups (broad SMARTS) is 1. The molecule has 0 rings (SSSR count). The zero-order chi connectivity index (χ0) is 12.8. The fourth-order valence-electron chi connectivity index (χ4n) is 1.45. The van der Waals surface area contributed by atoms with Crippen LogP contribution in [0.5, 0.6) is 0 Å². The van der Waals surface area contributed by atoms with Crippen molar-refractivity contribution < 1.29 is 18.3 Å². The Hall–Kier alpha value is -0.660. The van der Waals surface area contributed by atoms with Gasteiger partial charge in [-0.25, -0.2) is 9.44 Å². The molecule has 0 aliphatic carbocycles. The third-order valence-corrected chi connectivity index (χ3v) is 3.18. The topological polar surface area (TPSA) is 95.5 Å². The predicted molar refractivity (Wildman–Crippen MR) is 61.2 cm³/mol. The lowest BCUT2D eigenvalue weighted by Gasteiger charge is -2.17. The molecule has 1 atom stereocenters. The van der Waals surface area contributed by atoms with Crippen molar-refractivity contribution in [1.29, 1.82) is 0 Å². The number of carboxylic acids is 1. The van der Waals surface area contributed by atoms with Crippen molar-refractivity contribution in [3.05, 3.63) is 0 Å². The molecule has 0 aromatic rings. The third-order valence-electron chi connectivity index (χ3n) is 2.10. The summed E-state index contributed by atoms with van der Waals surface area (Å²) in [5.41, 5.74) is 0. The van der Waals surface area contributed by atoms with Crippen LogP contribution in [0.1, 0.15) is 26.7 Å². The summed E-state index contributed by atoms with van der Waals surface area (Å²) in [5.74, 6) is -0.752. The Labute approximate surface area is 96.6 Å². The maximum absolute atomic E-state index is 11.1. The van der Waals surface area contributed by atoms with Gasteiger partial charge in [-0.1, -0.05) is 13.8 Å². The lowest BCUT2D eigenvalue weighted by atomic mass is 9.94. The van der Waals surface area contributed by atoms with Crippen molar-refractivity contribution in [1.82, 2.24) is 9.44 Å². The zero-order valence-electron chi connectivity index (χ0n) is 9.86. The van der Waals surface area contributed by atoms with Gasteiger partial charge in [-0.15, -0.1) is 0 Å². The highest BCUT2D eigenvalue weighted by atomic mass is 32.2. The fourth-order valence-corrected chi connectivity index (χ4v) is 2.05. The molecule has 0 saturated carbocycles. The van der Waals surface area contributed by atoms with Crippen LogP contribution in [0.2, 0.25) is 0 Å². The van der Waals surface area contributed by atoms with E-state index in [0.29, 0.717) is 12.3 Å². The van der Waals surface area contributed by atoms with Crippen LogP contribution in [0.15, 0.2) is 0 Å². The van der Waals surface area contributed by atoms with Crippen molar-refractivity contribution in [2.75, 3.05) is 13.6 Å². The molecule has 16 heavy (non-hydrogen) atoms. The van der Waals surface area contributed by atoms with Crippen molar-refractivity contribution in [2.24, 2.45) is 11.8 Å². The number of rotatable bonds is 8. The highest BCUT2D eigenvalue weighted by molar-refractivity contribution is 7.87. The largest absolute Gasteiger partial charge is 0.481 e. The summed E-state index contributed by atoms with van der Waals surface area (Å²) in [6, 6.07) is 0. The van der Waals surface area contributed by atoms with Crippen molar-refractivity contribution in [2.45, 2.75) is 26.7 Å². The smallest absolute Gasteiger partial charge is 0.303 e. The zero-order valence-corrected chi connectivity index (χ0v) is 10.7. The van der Waals surface area contributed by atoms with Gasteiger partial charge in [0.15, 0.2) is 0 Å². The molecule has 0 saturated heterocycles. The Balaban J connectivity index is 4.26. The van der Waals surface area contributed by atoms with E-state index < -0.39 is 16.2 Å². The van der Waals surface area contributed by atoms with Gasteiger partial charge in [-0.2, -0.15) is 8.42 Å². The SMILES string of the molecule is CNS(=O)(=O)NC[C@H](CC(=O)O)CC(C)C. The van der Waals surface area contributed by atoms with Crippen molar-refractivity contribution >= 4 is 16.2 Å². The van der Waals surface area contributed by atoms with Crippen molar-refractivity contribution in [3.8, 4) is 0 Å². The summed E-state index contributed by atoms with van der Waals surface area (Å²) >= 11 is 0. The van der Waals surface area contributed by atoms with E-state index in [1.54, 1.807) is 0 Å². The van der Waals surface area contributed by atoms with Crippen LogP contribution < -0.4 is 9.44 Å². The summed E-state index contributed by atoms with van der Waals surface area (Å²) < 4.78 is 26.6. The van der Waals surface area contributed by atoms with E-state index in [1.165, 1.54) is 7.05 Å². The van der Waals surface area contributed by atoms with Gasteiger partial charge in [0, 0.05) is 20.0 Å². The van der Waals surface area contributed by atoms with Gasteiger partial charge >= 0.3 is 5.97 Å². The van der Waals surface area contributed by atoms with Gasteiger partial charge in [0.05, 0.1) is 0 Å². The third kappa shape index (κ3) is 7.61. The van der Waals surface area contributed by atoms with Crippen LogP contribution in [0.4, 0.5) is 0 Å². The molecule has 0 unspecified atom stereocenters. The second-order valence-corrected chi connectivity index (χ2v) is 5.85. The Kier molecular flexibility index (Phi) is 6.54. The molecule has 0 aliphatic heterocycles. The Morgan fingerprint density at radius 3 is 2.31 bits per heavy atom. The molecule has 96 valence electrons. The normalized spacial score (nSPS) is 14.0. The van der Waals surface area contributed by atoms with Crippen LogP contribution in [0, 0.1) is 11.8 Å². The first kappa shape index (κ1) is 15.3. The Morgan fingerprint density at radius 1 is 1.38 bits per heavy atom. The van der Waals surface area contributed by atoms with E-state index in [-0.39, 0.29) is 18.9 Å². The molecule has 0 radical (unpaired) electrons. The molecule has 0 bridgehead atoms. The van der Waals surface area contributed by atoms with Gasteiger partial charge in [0.25, 0.3) is 10.2 Å². The number of aliphatic carboxylic acids is 1. The molecule has 0 fully saturated rings. The minimum absolute atomic E-state index is 0.0234. The summed E-state index contributed by atoms with van der Waals surface area (Å²) in [6.45, 7) is 4.09. The molecule has 0 spiro atoms. The van der Waals surface area contributed by atoms with Gasteiger partial charge < -0.3 is 5.11 Å². The molecule has 0 heterocycles. The quantitative estimate of drug-likeness (QED) is 0.574. The molecular weight excluding hydrogens is 232 g/mol. The molecule has 7 heteroatoms. The molecule has 0 aromatic heterocycles. The fraction of sp³-hybridized carbons (Fsp3) is 0.889. The van der Waals surface area contributed by atoms with Crippen LogP contribution in [0.3, 0.4) is 0 Å². The maximum Gasteiger partial charge on any atom is 0.303 e. The van der Waals surface area contributed by atoms with Crippen LogP contribution >= 0.6 is 0 Å². The number of nitrogens with one attached hydrogen (secondary N) is 2. The minimum Gasteiger partial charge on any atom is -0.481 e. The van der Waals surface area contributed by atoms with Gasteiger partial charge in [0.1, 0.15) is 0 Å². The van der Waals surface area contributed by atoms with Crippen LogP contribution in [-0.4, -0.2) is 33.1 Å². The van der Waals surface area contributed by atoms with Crippen LogP contribution in [0.25, 0.3) is 0 Å². The summed E-state index contributed by atoms with van der Waals surface area (Å²) in [5, 5.41) is 8.69. The summed E-state index contributed by atoms with van der Waals surface area (Å²) in [6.07, 6.45) is 0.656. The molecule has 0 aliphatic rings. The predicted octanol–water partition coefficient (Wildman–Crippen LogP) is 0.177. The summed E-state index contributed by atoms with van der Waals surface area (Å²) in [4.78, 5) is 10.6. The Bertz CT molecular complexity index is 313. The lowest BCUT2D eigenvalue weighted by Crippen LogP contribution is -2.37. The lowest BCUT2D eigenvalue weighted by molar-refractivity contribution is -0.138. The average Bonchev–Trinajstić information content (AvgIpc) is 2.13. The molecule has 3 N–H and O–H groups in total. The first-order chi connectivity index (χ1) is 7.26. The van der Waals surface area contributed by atoms with E-state index in [1.807, 2.05) is 13.8 Å². The van der Waals surface area contributed by atoms with E-state index in [0.717, 1.165) is 0 Å². The standard InChI is InChI=1S/C9H20N2O4S/c1-7(2)4-8(5-9(12)13)6-11-16(14,15)10-3/h7-8,10-11H,4-6H2,1-3H3,(H,12,13)/t8-/m0/s1. The van der Waals surface area contributed by atoms with E-state index >= 15 is 0 Å². The average molecular weight is 252 g/mol. The van der Waals surface area contributed by atoms with E-state index in [2.05, 4.69) is 9.44 Å².